The summed E-state index contributed by atoms with van der Waals surface area (Å²) in [5.74, 6) is 1.66. The van der Waals surface area contributed by atoms with E-state index in [1.165, 1.54) is 12.0 Å². The van der Waals surface area contributed by atoms with Crippen LogP contribution in [0.2, 0.25) is 0 Å². The molecule has 1 atom stereocenters. The van der Waals surface area contributed by atoms with Gasteiger partial charge in [-0.15, -0.1) is 0 Å². The van der Waals surface area contributed by atoms with Crippen LogP contribution >= 0.6 is 0 Å². The Bertz CT molecular complexity index is 327. The zero-order valence-corrected chi connectivity index (χ0v) is 10.9. The summed E-state index contributed by atoms with van der Waals surface area (Å²) in [5.41, 5.74) is 1.41. The van der Waals surface area contributed by atoms with Crippen molar-refractivity contribution in [3.63, 3.8) is 0 Å². The molecular formula is C15H23NO. The van der Waals surface area contributed by atoms with E-state index in [1.807, 2.05) is 0 Å². The lowest BCUT2D eigenvalue weighted by Gasteiger charge is -2.24. The normalized spacial score (nSPS) is 18.9. The summed E-state index contributed by atoms with van der Waals surface area (Å²) in [5, 5.41) is 3.35. The SMILES string of the molecule is CCC(C)c1ccc(OC2CCNCC2)cc1. The van der Waals surface area contributed by atoms with E-state index in [0.717, 1.165) is 31.7 Å². The van der Waals surface area contributed by atoms with E-state index >= 15 is 0 Å². The maximum atomic E-state index is 5.98. The van der Waals surface area contributed by atoms with Crippen LogP contribution in [0, 0.1) is 0 Å². The second kappa shape index (κ2) is 6.06. The zero-order valence-electron chi connectivity index (χ0n) is 10.9. The molecule has 1 unspecified atom stereocenters. The van der Waals surface area contributed by atoms with Crippen molar-refractivity contribution in [2.24, 2.45) is 0 Å². The van der Waals surface area contributed by atoms with Gasteiger partial charge in [0.15, 0.2) is 0 Å². The van der Waals surface area contributed by atoms with Gasteiger partial charge in [-0.05, 0) is 56.0 Å². The molecule has 0 bridgehead atoms. The molecule has 1 heterocycles. The zero-order chi connectivity index (χ0) is 12.1. The Balaban J connectivity index is 1.93. The molecule has 2 heteroatoms. The summed E-state index contributed by atoms with van der Waals surface area (Å²) in [6, 6.07) is 8.63. The van der Waals surface area contributed by atoms with Gasteiger partial charge in [0.1, 0.15) is 11.9 Å². The predicted octanol–water partition coefficient (Wildman–Crippen LogP) is 3.33. The molecule has 1 fully saturated rings. The Morgan fingerprint density at radius 2 is 1.88 bits per heavy atom. The monoisotopic (exact) mass is 233 g/mol. The first-order valence-electron chi connectivity index (χ1n) is 6.77. The average molecular weight is 233 g/mol. The van der Waals surface area contributed by atoms with Crippen molar-refractivity contribution in [2.45, 2.75) is 45.1 Å². The number of benzene rings is 1. The maximum Gasteiger partial charge on any atom is 0.119 e. The average Bonchev–Trinajstić information content (AvgIpc) is 2.40. The fourth-order valence-corrected chi connectivity index (χ4v) is 2.22. The van der Waals surface area contributed by atoms with Gasteiger partial charge in [0, 0.05) is 0 Å². The molecule has 1 aromatic rings. The number of nitrogens with one attached hydrogen (secondary N) is 1. The third-order valence-corrected chi connectivity index (χ3v) is 3.65. The number of hydrogen-bond acceptors (Lipinski definition) is 2. The predicted molar refractivity (Wildman–Crippen MR) is 71.7 cm³/mol. The molecule has 2 nitrogen and oxygen atoms in total. The minimum atomic E-state index is 0.394. The van der Waals surface area contributed by atoms with E-state index in [9.17, 15) is 0 Å². The van der Waals surface area contributed by atoms with Crippen molar-refractivity contribution in [3.8, 4) is 5.75 Å². The molecule has 1 aliphatic heterocycles. The van der Waals surface area contributed by atoms with Crippen LogP contribution in [-0.2, 0) is 0 Å². The molecule has 1 N–H and O–H groups in total. The molecule has 94 valence electrons. The Labute approximate surface area is 104 Å². The highest BCUT2D eigenvalue weighted by Gasteiger charge is 2.14. The van der Waals surface area contributed by atoms with Crippen LogP contribution in [0.5, 0.6) is 5.75 Å². The van der Waals surface area contributed by atoms with E-state index in [1.54, 1.807) is 0 Å². The van der Waals surface area contributed by atoms with Crippen molar-refractivity contribution in [1.82, 2.24) is 5.32 Å². The molecule has 0 aromatic heterocycles. The first kappa shape index (κ1) is 12.4. The number of rotatable bonds is 4. The largest absolute Gasteiger partial charge is 0.490 e. The van der Waals surface area contributed by atoms with Gasteiger partial charge in [0.2, 0.25) is 0 Å². The van der Waals surface area contributed by atoms with Gasteiger partial charge < -0.3 is 10.1 Å². The van der Waals surface area contributed by atoms with Crippen molar-refractivity contribution in [3.05, 3.63) is 29.8 Å². The fourth-order valence-electron chi connectivity index (χ4n) is 2.22. The molecule has 0 radical (unpaired) electrons. The third kappa shape index (κ3) is 3.47. The second-order valence-electron chi connectivity index (χ2n) is 4.95. The van der Waals surface area contributed by atoms with Crippen LogP contribution < -0.4 is 10.1 Å². The van der Waals surface area contributed by atoms with E-state index in [0.29, 0.717) is 12.0 Å². The van der Waals surface area contributed by atoms with E-state index in [-0.39, 0.29) is 0 Å². The topological polar surface area (TPSA) is 21.3 Å². The lowest BCUT2D eigenvalue weighted by Crippen LogP contribution is -2.34. The van der Waals surface area contributed by atoms with Crippen molar-refractivity contribution < 1.29 is 4.74 Å². The molecule has 0 aliphatic carbocycles. The van der Waals surface area contributed by atoms with Crippen LogP contribution in [-0.4, -0.2) is 19.2 Å². The molecule has 1 aliphatic rings. The highest BCUT2D eigenvalue weighted by Crippen LogP contribution is 2.23. The standard InChI is InChI=1S/C15H23NO/c1-3-12(2)13-4-6-14(7-5-13)17-15-8-10-16-11-9-15/h4-7,12,15-16H,3,8-11H2,1-2H3. The Hall–Kier alpha value is -1.02. The van der Waals surface area contributed by atoms with E-state index in [4.69, 9.17) is 4.74 Å². The minimum absolute atomic E-state index is 0.394. The smallest absolute Gasteiger partial charge is 0.119 e. The van der Waals surface area contributed by atoms with Gasteiger partial charge in [-0.2, -0.15) is 0 Å². The van der Waals surface area contributed by atoms with Gasteiger partial charge in [-0.1, -0.05) is 26.0 Å². The van der Waals surface area contributed by atoms with Gasteiger partial charge in [-0.25, -0.2) is 0 Å². The van der Waals surface area contributed by atoms with Crippen molar-refractivity contribution in [2.75, 3.05) is 13.1 Å². The highest BCUT2D eigenvalue weighted by molar-refractivity contribution is 5.29. The van der Waals surface area contributed by atoms with Gasteiger partial charge in [-0.3, -0.25) is 0 Å². The number of ether oxygens (including phenoxy) is 1. The van der Waals surface area contributed by atoms with Crippen LogP contribution in [0.15, 0.2) is 24.3 Å². The van der Waals surface area contributed by atoms with Crippen molar-refractivity contribution >= 4 is 0 Å². The molecule has 1 aromatic carbocycles. The Kier molecular flexibility index (Phi) is 4.43. The number of hydrogen-bond donors (Lipinski definition) is 1. The van der Waals surface area contributed by atoms with Gasteiger partial charge >= 0.3 is 0 Å². The molecule has 0 amide bonds. The van der Waals surface area contributed by atoms with Crippen molar-refractivity contribution in [1.29, 1.82) is 0 Å². The summed E-state index contributed by atoms with van der Waals surface area (Å²) >= 11 is 0. The van der Waals surface area contributed by atoms with E-state index in [2.05, 4.69) is 43.4 Å². The highest BCUT2D eigenvalue weighted by atomic mass is 16.5. The first-order valence-corrected chi connectivity index (χ1v) is 6.77. The van der Waals surface area contributed by atoms with E-state index < -0.39 is 0 Å². The maximum absolute atomic E-state index is 5.98. The van der Waals surface area contributed by atoms with Gasteiger partial charge in [0.05, 0.1) is 0 Å². The minimum Gasteiger partial charge on any atom is -0.490 e. The summed E-state index contributed by atoms with van der Waals surface area (Å²) in [6.45, 7) is 6.65. The van der Waals surface area contributed by atoms with Crippen LogP contribution in [0.25, 0.3) is 0 Å². The fraction of sp³-hybridized carbons (Fsp3) is 0.600. The summed E-state index contributed by atoms with van der Waals surface area (Å²) < 4.78 is 5.98. The quantitative estimate of drug-likeness (QED) is 0.861. The molecule has 17 heavy (non-hydrogen) atoms. The molecule has 1 saturated heterocycles. The Morgan fingerprint density at radius 1 is 1.24 bits per heavy atom. The lowest BCUT2D eigenvalue weighted by molar-refractivity contribution is 0.162. The summed E-state index contributed by atoms with van der Waals surface area (Å²) in [7, 11) is 0. The second-order valence-corrected chi connectivity index (χ2v) is 4.95. The van der Waals surface area contributed by atoms with Crippen LogP contribution in [0.3, 0.4) is 0 Å². The Morgan fingerprint density at radius 3 is 2.47 bits per heavy atom. The molecular weight excluding hydrogens is 210 g/mol. The van der Waals surface area contributed by atoms with Gasteiger partial charge in [0.25, 0.3) is 0 Å². The molecule has 0 spiro atoms. The molecule has 2 rings (SSSR count). The molecule has 0 saturated carbocycles. The third-order valence-electron chi connectivity index (χ3n) is 3.65. The van der Waals surface area contributed by atoms with Crippen LogP contribution in [0.1, 0.15) is 44.6 Å². The first-order chi connectivity index (χ1) is 8.29. The van der Waals surface area contributed by atoms with Crippen LogP contribution in [0.4, 0.5) is 0 Å². The summed E-state index contributed by atoms with van der Waals surface area (Å²) in [4.78, 5) is 0. The summed E-state index contributed by atoms with van der Waals surface area (Å²) in [6.07, 6.45) is 3.82. The lowest BCUT2D eigenvalue weighted by atomic mass is 9.99. The number of piperidine rings is 1.